The van der Waals surface area contributed by atoms with E-state index in [1.54, 1.807) is 12.1 Å². The Balaban J connectivity index is 2.28. The molecule has 0 heterocycles. The number of nitrogen functional groups attached to an aromatic ring is 1. The molecule has 3 nitrogen and oxygen atoms in total. The van der Waals surface area contributed by atoms with Crippen LogP contribution in [-0.4, -0.2) is 5.91 Å². The van der Waals surface area contributed by atoms with Crippen molar-refractivity contribution >= 4 is 17.3 Å². The highest BCUT2D eigenvalue weighted by molar-refractivity contribution is 6.05. The average Bonchev–Trinajstić information content (AvgIpc) is 2.32. The molecular weight excluding hydrogens is 243 g/mol. The Labute approximate surface area is 111 Å². The van der Waals surface area contributed by atoms with E-state index in [9.17, 15) is 9.18 Å². The molecule has 0 atom stereocenters. The van der Waals surface area contributed by atoms with Gasteiger partial charge in [0.25, 0.3) is 5.91 Å². The number of carbonyl (C=O) groups excluding carboxylic acids is 1. The number of halogens is 1. The highest BCUT2D eigenvalue weighted by Crippen LogP contribution is 2.20. The van der Waals surface area contributed by atoms with Gasteiger partial charge in [0.05, 0.1) is 11.4 Å². The summed E-state index contributed by atoms with van der Waals surface area (Å²) in [4.78, 5) is 12.1. The fourth-order valence-electron chi connectivity index (χ4n) is 1.94. The monoisotopic (exact) mass is 258 g/mol. The van der Waals surface area contributed by atoms with E-state index < -0.39 is 5.82 Å². The Morgan fingerprint density at radius 3 is 2.37 bits per heavy atom. The molecule has 0 saturated heterocycles. The number of nitrogens with two attached hydrogens (primary N) is 1. The Morgan fingerprint density at radius 1 is 1.11 bits per heavy atom. The minimum atomic E-state index is -0.440. The molecule has 1 amide bonds. The topological polar surface area (TPSA) is 55.1 Å². The SMILES string of the molecule is Cc1cc(C)cc(C(=O)Nc2cc(F)ccc2N)c1. The first-order valence-electron chi connectivity index (χ1n) is 5.90. The zero-order chi connectivity index (χ0) is 14.0. The van der Waals surface area contributed by atoms with Crippen molar-refractivity contribution in [1.82, 2.24) is 0 Å². The second-order valence-corrected chi connectivity index (χ2v) is 4.56. The molecule has 0 fully saturated rings. The number of hydrogen-bond acceptors (Lipinski definition) is 2. The van der Waals surface area contributed by atoms with Crippen molar-refractivity contribution in [3.63, 3.8) is 0 Å². The molecule has 2 rings (SSSR count). The van der Waals surface area contributed by atoms with Gasteiger partial charge in [0.1, 0.15) is 5.82 Å². The second-order valence-electron chi connectivity index (χ2n) is 4.56. The van der Waals surface area contributed by atoms with Crippen molar-refractivity contribution < 1.29 is 9.18 Å². The number of nitrogens with one attached hydrogen (secondary N) is 1. The molecule has 0 radical (unpaired) electrons. The van der Waals surface area contributed by atoms with E-state index in [0.717, 1.165) is 11.1 Å². The van der Waals surface area contributed by atoms with E-state index >= 15 is 0 Å². The summed E-state index contributed by atoms with van der Waals surface area (Å²) in [7, 11) is 0. The third kappa shape index (κ3) is 3.10. The van der Waals surface area contributed by atoms with E-state index in [-0.39, 0.29) is 11.6 Å². The van der Waals surface area contributed by atoms with Crippen molar-refractivity contribution in [2.24, 2.45) is 0 Å². The Morgan fingerprint density at radius 2 is 1.74 bits per heavy atom. The maximum atomic E-state index is 13.1. The summed E-state index contributed by atoms with van der Waals surface area (Å²) in [5.41, 5.74) is 8.83. The summed E-state index contributed by atoms with van der Waals surface area (Å²) in [6.45, 7) is 3.83. The van der Waals surface area contributed by atoms with Gasteiger partial charge in [0, 0.05) is 5.56 Å². The lowest BCUT2D eigenvalue weighted by Gasteiger charge is -2.09. The van der Waals surface area contributed by atoms with Gasteiger partial charge < -0.3 is 11.1 Å². The largest absolute Gasteiger partial charge is 0.397 e. The lowest BCUT2D eigenvalue weighted by molar-refractivity contribution is 0.102. The summed E-state index contributed by atoms with van der Waals surface area (Å²) >= 11 is 0. The molecule has 0 spiro atoms. The normalized spacial score (nSPS) is 10.3. The molecule has 98 valence electrons. The lowest BCUT2D eigenvalue weighted by Crippen LogP contribution is -2.13. The standard InChI is InChI=1S/C15H15FN2O/c1-9-5-10(2)7-11(6-9)15(19)18-14-8-12(16)3-4-13(14)17/h3-8H,17H2,1-2H3,(H,18,19). The number of anilines is 2. The smallest absolute Gasteiger partial charge is 0.255 e. The maximum absolute atomic E-state index is 13.1. The highest BCUT2D eigenvalue weighted by Gasteiger charge is 2.09. The molecule has 19 heavy (non-hydrogen) atoms. The summed E-state index contributed by atoms with van der Waals surface area (Å²) < 4.78 is 13.1. The van der Waals surface area contributed by atoms with Crippen LogP contribution in [0.2, 0.25) is 0 Å². The van der Waals surface area contributed by atoms with Crippen LogP contribution in [-0.2, 0) is 0 Å². The molecule has 0 aliphatic carbocycles. The first-order chi connectivity index (χ1) is 8.95. The van der Waals surface area contributed by atoms with Gasteiger partial charge in [-0.3, -0.25) is 4.79 Å². The van der Waals surface area contributed by atoms with Crippen LogP contribution in [0.4, 0.5) is 15.8 Å². The summed E-state index contributed by atoms with van der Waals surface area (Å²) in [6.07, 6.45) is 0. The summed E-state index contributed by atoms with van der Waals surface area (Å²) in [5.74, 6) is -0.742. The molecule has 0 aliphatic heterocycles. The molecule has 0 aliphatic rings. The number of carbonyl (C=O) groups is 1. The number of hydrogen-bond donors (Lipinski definition) is 2. The summed E-state index contributed by atoms with van der Waals surface area (Å²) in [6, 6.07) is 9.41. The third-order valence-electron chi connectivity index (χ3n) is 2.75. The molecular formula is C15H15FN2O. The zero-order valence-corrected chi connectivity index (χ0v) is 10.8. The van der Waals surface area contributed by atoms with Crippen molar-refractivity contribution in [1.29, 1.82) is 0 Å². The van der Waals surface area contributed by atoms with Crippen LogP contribution in [0.3, 0.4) is 0 Å². The molecule has 0 bridgehead atoms. The van der Waals surface area contributed by atoms with Crippen LogP contribution in [0.1, 0.15) is 21.5 Å². The van der Waals surface area contributed by atoms with E-state index in [4.69, 9.17) is 5.73 Å². The number of rotatable bonds is 2. The maximum Gasteiger partial charge on any atom is 0.255 e. The zero-order valence-electron chi connectivity index (χ0n) is 10.8. The highest BCUT2D eigenvalue weighted by atomic mass is 19.1. The molecule has 2 aromatic carbocycles. The quantitative estimate of drug-likeness (QED) is 0.812. The van der Waals surface area contributed by atoms with Crippen LogP contribution >= 0.6 is 0 Å². The van der Waals surface area contributed by atoms with E-state index in [2.05, 4.69) is 5.32 Å². The van der Waals surface area contributed by atoms with Gasteiger partial charge in [-0.1, -0.05) is 17.2 Å². The minimum absolute atomic E-state index is 0.282. The lowest BCUT2D eigenvalue weighted by atomic mass is 10.1. The fourth-order valence-corrected chi connectivity index (χ4v) is 1.94. The average molecular weight is 258 g/mol. The molecule has 0 saturated carbocycles. The van der Waals surface area contributed by atoms with Gasteiger partial charge in [0.15, 0.2) is 0 Å². The van der Waals surface area contributed by atoms with Crippen LogP contribution in [0.25, 0.3) is 0 Å². The minimum Gasteiger partial charge on any atom is -0.397 e. The van der Waals surface area contributed by atoms with Gasteiger partial charge in [-0.2, -0.15) is 0 Å². The van der Waals surface area contributed by atoms with Crippen molar-refractivity contribution in [2.75, 3.05) is 11.1 Å². The first-order valence-corrected chi connectivity index (χ1v) is 5.90. The van der Waals surface area contributed by atoms with Crippen LogP contribution in [0.5, 0.6) is 0 Å². The predicted molar refractivity (Wildman–Crippen MR) is 74.7 cm³/mol. The number of benzene rings is 2. The van der Waals surface area contributed by atoms with Crippen molar-refractivity contribution in [3.8, 4) is 0 Å². The van der Waals surface area contributed by atoms with Crippen LogP contribution < -0.4 is 11.1 Å². The Bertz CT molecular complexity index is 618. The second kappa shape index (κ2) is 5.10. The third-order valence-corrected chi connectivity index (χ3v) is 2.75. The van der Waals surface area contributed by atoms with E-state index in [1.165, 1.54) is 18.2 Å². The van der Waals surface area contributed by atoms with Gasteiger partial charge in [-0.05, 0) is 44.2 Å². The van der Waals surface area contributed by atoms with E-state index in [0.29, 0.717) is 11.3 Å². The number of amides is 1. The number of aryl methyl sites for hydroxylation is 2. The predicted octanol–water partition coefficient (Wildman–Crippen LogP) is 3.28. The van der Waals surface area contributed by atoms with Gasteiger partial charge >= 0.3 is 0 Å². The molecule has 2 aromatic rings. The molecule has 3 N–H and O–H groups in total. The van der Waals surface area contributed by atoms with Gasteiger partial charge in [0.2, 0.25) is 0 Å². The molecule has 0 unspecified atom stereocenters. The van der Waals surface area contributed by atoms with Crippen molar-refractivity contribution in [3.05, 3.63) is 58.9 Å². The van der Waals surface area contributed by atoms with Crippen molar-refractivity contribution in [2.45, 2.75) is 13.8 Å². The summed E-state index contributed by atoms with van der Waals surface area (Å²) in [5, 5.41) is 2.62. The first kappa shape index (κ1) is 13.1. The molecule has 4 heteroatoms. The van der Waals surface area contributed by atoms with Crippen LogP contribution in [0.15, 0.2) is 36.4 Å². The van der Waals surface area contributed by atoms with Gasteiger partial charge in [-0.15, -0.1) is 0 Å². The Kier molecular flexibility index (Phi) is 3.51. The van der Waals surface area contributed by atoms with Crippen LogP contribution in [0, 0.1) is 19.7 Å². The van der Waals surface area contributed by atoms with Gasteiger partial charge in [-0.25, -0.2) is 4.39 Å². The Hall–Kier alpha value is -2.36. The van der Waals surface area contributed by atoms with E-state index in [1.807, 2.05) is 19.9 Å². The fraction of sp³-hybridized carbons (Fsp3) is 0.133. The molecule has 0 aromatic heterocycles.